The lowest BCUT2D eigenvalue weighted by molar-refractivity contribution is 0.102. The van der Waals surface area contributed by atoms with E-state index in [0.717, 1.165) is 0 Å². The molecule has 100 valence electrons. The number of aryl methyl sites for hydroxylation is 1. The van der Waals surface area contributed by atoms with Gasteiger partial charge in [0.05, 0.1) is 0 Å². The Morgan fingerprint density at radius 3 is 2.95 bits per heavy atom. The number of hydrogen-bond donors (Lipinski definition) is 1. The number of anilines is 1. The van der Waals surface area contributed by atoms with Crippen LogP contribution in [0.4, 0.5) is 5.69 Å². The van der Waals surface area contributed by atoms with Crippen molar-refractivity contribution in [3.05, 3.63) is 53.1 Å². The summed E-state index contributed by atoms with van der Waals surface area (Å²) in [5.41, 5.74) is 2.48. The molecule has 0 fully saturated rings. The first kappa shape index (κ1) is 12.6. The summed E-state index contributed by atoms with van der Waals surface area (Å²) in [6.07, 6.45) is 1.49. The van der Waals surface area contributed by atoms with Crippen molar-refractivity contribution in [2.75, 3.05) is 5.32 Å². The third-order valence-electron chi connectivity index (χ3n) is 2.74. The van der Waals surface area contributed by atoms with E-state index in [2.05, 4.69) is 15.3 Å². The molecule has 3 aromatic rings. The van der Waals surface area contributed by atoms with Gasteiger partial charge in [0.2, 0.25) is 0 Å². The number of nitrogens with zero attached hydrogens (tertiary/aromatic N) is 2. The van der Waals surface area contributed by atoms with Crippen molar-refractivity contribution in [1.82, 2.24) is 9.97 Å². The Morgan fingerprint density at radius 2 is 2.15 bits per heavy atom. The van der Waals surface area contributed by atoms with E-state index < -0.39 is 0 Å². The Morgan fingerprint density at radius 1 is 1.30 bits per heavy atom. The fourth-order valence-electron chi connectivity index (χ4n) is 1.87. The van der Waals surface area contributed by atoms with E-state index in [1.165, 1.54) is 12.3 Å². The summed E-state index contributed by atoms with van der Waals surface area (Å²) < 4.78 is 5.38. The van der Waals surface area contributed by atoms with Crippen LogP contribution in [-0.2, 0) is 0 Å². The van der Waals surface area contributed by atoms with E-state index >= 15 is 0 Å². The maximum atomic E-state index is 12.1. The van der Waals surface area contributed by atoms with Crippen molar-refractivity contribution in [3.63, 3.8) is 0 Å². The van der Waals surface area contributed by atoms with Crippen LogP contribution >= 0.6 is 11.6 Å². The van der Waals surface area contributed by atoms with Gasteiger partial charge in [0.25, 0.3) is 5.91 Å². The second-order valence-corrected chi connectivity index (χ2v) is 4.62. The van der Waals surface area contributed by atoms with E-state index in [9.17, 15) is 4.79 Å². The van der Waals surface area contributed by atoms with Gasteiger partial charge in [0.15, 0.2) is 11.5 Å². The van der Waals surface area contributed by atoms with Gasteiger partial charge in [-0.15, -0.1) is 0 Å². The fourth-order valence-corrected chi connectivity index (χ4v) is 2.04. The summed E-state index contributed by atoms with van der Waals surface area (Å²) in [7, 11) is 0. The van der Waals surface area contributed by atoms with Crippen LogP contribution in [-0.4, -0.2) is 15.9 Å². The first-order valence-corrected chi connectivity index (χ1v) is 6.30. The molecule has 0 radical (unpaired) electrons. The lowest BCUT2D eigenvalue weighted by Crippen LogP contribution is -2.11. The van der Waals surface area contributed by atoms with Crippen molar-refractivity contribution in [2.45, 2.75) is 6.92 Å². The van der Waals surface area contributed by atoms with Gasteiger partial charge in [-0.1, -0.05) is 11.6 Å². The molecule has 0 aliphatic carbocycles. The molecule has 0 unspecified atom stereocenters. The van der Waals surface area contributed by atoms with E-state index in [0.29, 0.717) is 28.2 Å². The summed E-state index contributed by atoms with van der Waals surface area (Å²) in [5, 5.41) is 3.06. The highest BCUT2D eigenvalue weighted by atomic mass is 35.5. The van der Waals surface area contributed by atoms with Crippen LogP contribution in [0.2, 0.25) is 5.15 Å². The van der Waals surface area contributed by atoms with Gasteiger partial charge in [-0.25, -0.2) is 9.97 Å². The molecule has 1 N–H and O–H groups in total. The molecule has 0 spiro atoms. The fraction of sp³-hybridized carbons (Fsp3) is 0.0714. The van der Waals surface area contributed by atoms with Gasteiger partial charge in [-0.2, -0.15) is 0 Å². The van der Waals surface area contributed by atoms with Crippen LogP contribution < -0.4 is 5.32 Å². The van der Waals surface area contributed by atoms with Crippen LogP contribution in [0.3, 0.4) is 0 Å². The largest absolute Gasteiger partial charge is 0.441 e. The highest BCUT2D eigenvalue weighted by Gasteiger charge is 2.09. The first-order valence-electron chi connectivity index (χ1n) is 5.92. The van der Waals surface area contributed by atoms with Gasteiger partial charge < -0.3 is 9.73 Å². The van der Waals surface area contributed by atoms with Crippen LogP contribution in [0.25, 0.3) is 11.1 Å². The zero-order valence-corrected chi connectivity index (χ0v) is 11.3. The molecule has 3 rings (SSSR count). The first-order chi connectivity index (χ1) is 9.61. The molecular formula is C14H10ClN3O2. The third-order valence-corrected chi connectivity index (χ3v) is 2.95. The topological polar surface area (TPSA) is 68.0 Å². The highest BCUT2D eigenvalue weighted by molar-refractivity contribution is 6.29. The molecule has 2 heterocycles. The number of carbonyl (C=O) groups excluding carboxylic acids is 1. The summed E-state index contributed by atoms with van der Waals surface area (Å²) in [6.45, 7) is 1.78. The molecule has 6 heteroatoms. The van der Waals surface area contributed by atoms with Crippen LogP contribution in [0.15, 0.2) is 40.9 Å². The standard InChI is InChI=1S/C14H10ClN3O2/c1-8-17-11-7-10(2-3-12(11)20-8)18-14(19)9-4-5-16-13(15)6-9/h2-7H,1H3,(H,18,19). The number of nitrogens with one attached hydrogen (secondary N) is 1. The maximum Gasteiger partial charge on any atom is 0.255 e. The summed E-state index contributed by atoms with van der Waals surface area (Å²) in [4.78, 5) is 20.1. The monoisotopic (exact) mass is 287 g/mol. The quantitative estimate of drug-likeness (QED) is 0.733. The second-order valence-electron chi connectivity index (χ2n) is 4.24. The van der Waals surface area contributed by atoms with Crippen molar-refractivity contribution >= 4 is 34.3 Å². The number of rotatable bonds is 2. The Labute approximate surface area is 119 Å². The van der Waals surface area contributed by atoms with Crippen molar-refractivity contribution < 1.29 is 9.21 Å². The minimum atomic E-state index is -0.256. The van der Waals surface area contributed by atoms with Crippen LogP contribution in [0.1, 0.15) is 16.2 Å². The Balaban J connectivity index is 1.87. The minimum absolute atomic E-state index is 0.256. The molecule has 0 bridgehead atoms. The summed E-state index contributed by atoms with van der Waals surface area (Å²) >= 11 is 5.76. The van der Waals surface area contributed by atoms with Crippen molar-refractivity contribution in [3.8, 4) is 0 Å². The van der Waals surface area contributed by atoms with E-state index in [1.54, 1.807) is 31.2 Å². The van der Waals surface area contributed by atoms with Gasteiger partial charge in [0.1, 0.15) is 10.7 Å². The molecule has 0 saturated heterocycles. The molecule has 2 aromatic heterocycles. The maximum absolute atomic E-state index is 12.1. The van der Waals surface area contributed by atoms with Gasteiger partial charge in [-0.05, 0) is 30.3 Å². The number of amides is 1. The Hall–Kier alpha value is -2.40. The number of benzene rings is 1. The number of carbonyl (C=O) groups is 1. The zero-order chi connectivity index (χ0) is 14.1. The summed E-state index contributed by atoms with van der Waals surface area (Å²) in [6, 6.07) is 8.39. The van der Waals surface area contributed by atoms with Crippen molar-refractivity contribution in [1.29, 1.82) is 0 Å². The Bertz CT molecular complexity index is 798. The van der Waals surface area contributed by atoms with Crippen LogP contribution in [0.5, 0.6) is 0 Å². The van der Waals surface area contributed by atoms with E-state index in [-0.39, 0.29) is 11.1 Å². The van der Waals surface area contributed by atoms with E-state index in [4.69, 9.17) is 16.0 Å². The second kappa shape index (κ2) is 4.94. The lowest BCUT2D eigenvalue weighted by Gasteiger charge is -2.04. The molecule has 20 heavy (non-hydrogen) atoms. The number of halogens is 1. The molecule has 1 amide bonds. The van der Waals surface area contributed by atoms with Gasteiger partial charge in [-0.3, -0.25) is 4.79 Å². The summed E-state index contributed by atoms with van der Waals surface area (Å²) in [5.74, 6) is 0.332. The molecule has 1 aromatic carbocycles. The molecule has 0 saturated carbocycles. The molecule has 0 aliphatic heterocycles. The SMILES string of the molecule is Cc1nc2cc(NC(=O)c3ccnc(Cl)c3)ccc2o1. The zero-order valence-electron chi connectivity index (χ0n) is 10.6. The number of pyridine rings is 1. The smallest absolute Gasteiger partial charge is 0.255 e. The van der Waals surface area contributed by atoms with Crippen LogP contribution in [0, 0.1) is 6.92 Å². The normalized spacial score (nSPS) is 10.7. The molecular weight excluding hydrogens is 278 g/mol. The molecule has 0 atom stereocenters. The number of aromatic nitrogens is 2. The average Bonchev–Trinajstić information content (AvgIpc) is 2.78. The average molecular weight is 288 g/mol. The minimum Gasteiger partial charge on any atom is -0.441 e. The lowest BCUT2D eigenvalue weighted by atomic mass is 10.2. The number of fused-ring (bicyclic) bond motifs is 1. The van der Waals surface area contributed by atoms with Gasteiger partial charge in [0, 0.05) is 24.4 Å². The Kier molecular flexibility index (Phi) is 3.12. The predicted octanol–water partition coefficient (Wildman–Crippen LogP) is 3.44. The van der Waals surface area contributed by atoms with Crippen molar-refractivity contribution in [2.24, 2.45) is 0 Å². The molecule has 5 nitrogen and oxygen atoms in total. The number of oxazole rings is 1. The predicted molar refractivity (Wildman–Crippen MR) is 75.9 cm³/mol. The number of hydrogen-bond acceptors (Lipinski definition) is 4. The molecule has 0 aliphatic rings. The third kappa shape index (κ3) is 2.48. The van der Waals surface area contributed by atoms with Gasteiger partial charge >= 0.3 is 0 Å². The highest BCUT2D eigenvalue weighted by Crippen LogP contribution is 2.20. The van der Waals surface area contributed by atoms with E-state index in [1.807, 2.05) is 0 Å².